The molecule has 0 aliphatic heterocycles. The minimum Gasteiger partial charge on any atom is -0.483 e. The second kappa shape index (κ2) is 6.91. The summed E-state index contributed by atoms with van der Waals surface area (Å²) in [5, 5.41) is 13.5. The quantitative estimate of drug-likeness (QED) is 0.676. The van der Waals surface area contributed by atoms with Gasteiger partial charge in [-0.1, -0.05) is 18.2 Å². The van der Waals surface area contributed by atoms with Crippen LogP contribution in [0.3, 0.4) is 0 Å². The van der Waals surface area contributed by atoms with Gasteiger partial charge in [-0.05, 0) is 44.0 Å². The minimum atomic E-state index is -0.475. The number of nitro benzene ring substituents is 1. The van der Waals surface area contributed by atoms with E-state index in [-0.39, 0.29) is 18.2 Å². The van der Waals surface area contributed by atoms with Crippen molar-refractivity contribution in [2.75, 3.05) is 11.9 Å². The van der Waals surface area contributed by atoms with Gasteiger partial charge in [0.25, 0.3) is 11.6 Å². The van der Waals surface area contributed by atoms with Crippen LogP contribution in [0.15, 0.2) is 36.4 Å². The van der Waals surface area contributed by atoms with Gasteiger partial charge in [-0.25, -0.2) is 0 Å². The Bertz CT molecular complexity index is 756. The molecule has 2 rings (SSSR count). The molecule has 1 amide bonds. The number of aryl methyl sites for hydroxylation is 2. The first-order valence-electron chi connectivity index (χ1n) is 7.12. The normalized spacial score (nSPS) is 10.2. The number of rotatable bonds is 5. The van der Waals surface area contributed by atoms with Crippen LogP contribution in [0.4, 0.5) is 11.4 Å². The third-order valence-corrected chi connectivity index (χ3v) is 3.60. The Morgan fingerprint density at radius 3 is 2.61 bits per heavy atom. The molecule has 2 aromatic rings. The summed E-state index contributed by atoms with van der Waals surface area (Å²) in [5.74, 6) is 0.277. The maximum atomic E-state index is 11.9. The number of hydrogen-bond donors (Lipinski definition) is 1. The second-order valence-electron chi connectivity index (χ2n) is 5.29. The lowest BCUT2D eigenvalue weighted by Gasteiger charge is -2.11. The summed E-state index contributed by atoms with van der Waals surface area (Å²) in [6.07, 6.45) is 0. The zero-order valence-corrected chi connectivity index (χ0v) is 13.3. The maximum absolute atomic E-state index is 11.9. The van der Waals surface area contributed by atoms with Gasteiger partial charge < -0.3 is 10.1 Å². The SMILES string of the molecule is Cc1ccc(NC(=O)COc2cccc(C)c2C)cc1[N+](=O)[O-]. The highest BCUT2D eigenvalue weighted by atomic mass is 16.6. The van der Waals surface area contributed by atoms with E-state index in [1.807, 2.05) is 26.0 Å². The molecule has 6 heteroatoms. The van der Waals surface area contributed by atoms with E-state index in [0.29, 0.717) is 17.0 Å². The van der Waals surface area contributed by atoms with E-state index in [9.17, 15) is 14.9 Å². The second-order valence-corrected chi connectivity index (χ2v) is 5.29. The summed E-state index contributed by atoms with van der Waals surface area (Å²) >= 11 is 0. The molecule has 0 atom stereocenters. The van der Waals surface area contributed by atoms with Gasteiger partial charge in [0.2, 0.25) is 0 Å². The summed E-state index contributed by atoms with van der Waals surface area (Å²) in [6.45, 7) is 5.37. The van der Waals surface area contributed by atoms with Crippen LogP contribution < -0.4 is 10.1 Å². The smallest absolute Gasteiger partial charge is 0.274 e. The topological polar surface area (TPSA) is 81.5 Å². The molecule has 0 spiro atoms. The zero-order chi connectivity index (χ0) is 17.0. The number of anilines is 1. The Morgan fingerprint density at radius 1 is 1.17 bits per heavy atom. The number of nitrogens with zero attached hydrogens (tertiary/aromatic N) is 1. The van der Waals surface area contributed by atoms with Crippen LogP contribution in [0.25, 0.3) is 0 Å². The summed E-state index contributed by atoms with van der Waals surface area (Å²) in [5.41, 5.74) is 2.94. The molecule has 0 saturated carbocycles. The van der Waals surface area contributed by atoms with E-state index in [2.05, 4.69) is 5.32 Å². The lowest BCUT2D eigenvalue weighted by molar-refractivity contribution is -0.385. The van der Waals surface area contributed by atoms with Crippen molar-refractivity contribution in [2.45, 2.75) is 20.8 Å². The molecule has 0 aliphatic carbocycles. The molecule has 23 heavy (non-hydrogen) atoms. The largest absolute Gasteiger partial charge is 0.483 e. The maximum Gasteiger partial charge on any atom is 0.274 e. The fourth-order valence-corrected chi connectivity index (χ4v) is 2.10. The van der Waals surface area contributed by atoms with E-state index in [1.165, 1.54) is 6.07 Å². The van der Waals surface area contributed by atoms with Gasteiger partial charge in [0.05, 0.1) is 4.92 Å². The highest BCUT2D eigenvalue weighted by Gasteiger charge is 2.13. The van der Waals surface area contributed by atoms with Gasteiger partial charge in [0.1, 0.15) is 5.75 Å². The molecule has 0 aliphatic rings. The fourth-order valence-electron chi connectivity index (χ4n) is 2.10. The Balaban J connectivity index is 2.01. The first kappa shape index (κ1) is 16.5. The molecule has 0 heterocycles. The summed E-state index contributed by atoms with van der Waals surface area (Å²) in [7, 11) is 0. The van der Waals surface area contributed by atoms with Gasteiger partial charge in [-0.3, -0.25) is 14.9 Å². The van der Waals surface area contributed by atoms with E-state index >= 15 is 0 Å². The van der Waals surface area contributed by atoms with Crippen LogP contribution in [0.1, 0.15) is 16.7 Å². The molecule has 120 valence electrons. The highest BCUT2D eigenvalue weighted by molar-refractivity contribution is 5.92. The van der Waals surface area contributed by atoms with Crippen molar-refractivity contribution in [1.29, 1.82) is 0 Å². The molecule has 0 bridgehead atoms. The van der Waals surface area contributed by atoms with Crippen LogP contribution in [-0.2, 0) is 4.79 Å². The number of hydrogen-bond acceptors (Lipinski definition) is 4. The Hall–Kier alpha value is -2.89. The van der Waals surface area contributed by atoms with Crippen molar-refractivity contribution in [2.24, 2.45) is 0 Å². The number of carbonyl (C=O) groups is 1. The van der Waals surface area contributed by atoms with Gasteiger partial charge in [-0.15, -0.1) is 0 Å². The van der Waals surface area contributed by atoms with Crippen molar-refractivity contribution < 1.29 is 14.5 Å². The number of benzene rings is 2. The average molecular weight is 314 g/mol. The Labute approximate surface area is 134 Å². The third-order valence-electron chi connectivity index (χ3n) is 3.60. The highest BCUT2D eigenvalue weighted by Crippen LogP contribution is 2.23. The van der Waals surface area contributed by atoms with Crippen molar-refractivity contribution in [3.63, 3.8) is 0 Å². The van der Waals surface area contributed by atoms with Crippen LogP contribution in [0.5, 0.6) is 5.75 Å². The van der Waals surface area contributed by atoms with Crippen LogP contribution in [0.2, 0.25) is 0 Å². The predicted molar refractivity (Wildman–Crippen MR) is 87.9 cm³/mol. The molecule has 0 fully saturated rings. The van der Waals surface area contributed by atoms with E-state index in [4.69, 9.17) is 4.74 Å². The van der Waals surface area contributed by atoms with Crippen molar-refractivity contribution >= 4 is 17.3 Å². The number of nitro groups is 1. The van der Waals surface area contributed by atoms with Gasteiger partial charge in [0.15, 0.2) is 6.61 Å². The lowest BCUT2D eigenvalue weighted by atomic mass is 10.1. The van der Waals surface area contributed by atoms with E-state index in [1.54, 1.807) is 25.1 Å². The monoisotopic (exact) mass is 314 g/mol. The molecular formula is C17H18N2O4. The third kappa shape index (κ3) is 4.06. The fraction of sp³-hybridized carbons (Fsp3) is 0.235. The Kier molecular flexibility index (Phi) is 4.95. The van der Waals surface area contributed by atoms with Crippen LogP contribution in [-0.4, -0.2) is 17.4 Å². The lowest BCUT2D eigenvalue weighted by Crippen LogP contribution is -2.20. The number of amides is 1. The number of ether oxygens (including phenoxy) is 1. The zero-order valence-electron chi connectivity index (χ0n) is 13.3. The number of nitrogens with one attached hydrogen (secondary N) is 1. The summed E-state index contributed by atoms with van der Waals surface area (Å²) in [6, 6.07) is 10.2. The Morgan fingerprint density at radius 2 is 1.91 bits per heavy atom. The van der Waals surface area contributed by atoms with Gasteiger partial charge >= 0.3 is 0 Å². The van der Waals surface area contributed by atoms with Crippen LogP contribution in [0, 0.1) is 30.9 Å². The molecule has 1 N–H and O–H groups in total. The average Bonchev–Trinajstić information content (AvgIpc) is 2.50. The number of carbonyl (C=O) groups excluding carboxylic acids is 1. The van der Waals surface area contributed by atoms with E-state index < -0.39 is 4.92 Å². The van der Waals surface area contributed by atoms with Crippen molar-refractivity contribution in [3.8, 4) is 5.75 Å². The first-order valence-corrected chi connectivity index (χ1v) is 7.12. The minimum absolute atomic E-state index is 0.0294. The molecule has 6 nitrogen and oxygen atoms in total. The predicted octanol–water partition coefficient (Wildman–Crippen LogP) is 3.54. The van der Waals surface area contributed by atoms with E-state index in [0.717, 1.165) is 11.1 Å². The standard InChI is InChI=1S/C17H18N2O4/c1-11-5-4-6-16(13(11)3)23-10-17(20)18-14-8-7-12(2)15(9-14)19(21)22/h4-9H,10H2,1-3H3,(H,18,20). The molecule has 0 unspecified atom stereocenters. The summed E-state index contributed by atoms with van der Waals surface area (Å²) < 4.78 is 5.51. The molecule has 0 aromatic heterocycles. The van der Waals surface area contributed by atoms with Gasteiger partial charge in [-0.2, -0.15) is 0 Å². The molecule has 2 aromatic carbocycles. The first-order chi connectivity index (χ1) is 10.9. The van der Waals surface area contributed by atoms with Gasteiger partial charge in [0, 0.05) is 17.3 Å². The van der Waals surface area contributed by atoms with Crippen molar-refractivity contribution in [3.05, 3.63) is 63.2 Å². The van der Waals surface area contributed by atoms with Crippen molar-refractivity contribution in [1.82, 2.24) is 0 Å². The molecule has 0 saturated heterocycles. The molecular weight excluding hydrogens is 296 g/mol. The summed E-state index contributed by atoms with van der Waals surface area (Å²) in [4.78, 5) is 22.4. The molecule has 0 radical (unpaired) electrons. The van der Waals surface area contributed by atoms with Crippen LogP contribution >= 0.6 is 0 Å².